The van der Waals surface area contributed by atoms with Gasteiger partial charge in [0.25, 0.3) is 5.91 Å². The number of aromatic nitrogens is 2. The van der Waals surface area contributed by atoms with Crippen LogP contribution in [0.2, 0.25) is 0 Å². The van der Waals surface area contributed by atoms with Crippen LogP contribution in [0, 0.1) is 0 Å². The summed E-state index contributed by atoms with van der Waals surface area (Å²) in [7, 11) is -3.63. The highest BCUT2D eigenvalue weighted by atomic mass is 32.2. The number of nitrogens with zero attached hydrogens (tertiary/aromatic N) is 4. The Morgan fingerprint density at radius 3 is 2.57 bits per heavy atom. The molecule has 0 atom stereocenters. The molecule has 3 rings (SSSR count). The molecule has 9 heteroatoms. The summed E-state index contributed by atoms with van der Waals surface area (Å²) < 4.78 is 29.3. The Balaban J connectivity index is 1.80. The molecule has 8 nitrogen and oxygen atoms in total. The van der Waals surface area contributed by atoms with E-state index >= 15 is 0 Å². The molecule has 1 aliphatic heterocycles. The lowest BCUT2D eigenvalue weighted by molar-refractivity contribution is 0.0953. The van der Waals surface area contributed by atoms with Crippen molar-refractivity contribution in [1.82, 2.24) is 19.2 Å². The van der Waals surface area contributed by atoms with Gasteiger partial charge in [-0.05, 0) is 37.5 Å². The van der Waals surface area contributed by atoms with E-state index in [1.807, 2.05) is 24.6 Å². The summed E-state index contributed by atoms with van der Waals surface area (Å²) in [6, 6.07) is 4.94. The van der Waals surface area contributed by atoms with Crippen molar-refractivity contribution in [2.45, 2.75) is 44.6 Å². The second kappa shape index (κ2) is 10.1. The maximum atomic E-state index is 13.0. The Labute approximate surface area is 178 Å². The van der Waals surface area contributed by atoms with Crippen LogP contribution < -0.4 is 10.2 Å². The maximum Gasteiger partial charge on any atom is 0.253 e. The molecule has 1 aromatic heterocycles. The lowest BCUT2D eigenvalue weighted by Crippen LogP contribution is -2.32. The molecule has 164 valence electrons. The highest BCUT2D eigenvalue weighted by Gasteiger charge is 2.26. The van der Waals surface area contributed by atoms with E-state index in [9.17, 15) is 13.2 Å². The molecule has 1 N–H and O–H groups in total. The quantitative estimate of drug-likeness (QED) is 0.581. The highest BCUT2D eigenvalue weighted by Crippen LogP contribution is 2.28. The fraction of sp³-hybridized carbons (Fsp3) is 0.524. The molecular weight excluding hydrogens is 402 g/mol. The molecule has 0 saturated carbocycles. The van der Waals surface area contributed by atoms with Crippen LogP contribution in [0.4, 0.5) is 5.69 Å². The number of benzene rings is 1. The normalized spacial score (nSPS) is 14.4. The van der Waals surface area contributed by atoms with Crippen LogP contribution in [-0.4, -0.2) is 60.9 Å². The molecule has 0 aliphatic carbocycles. The Bertz CT molecular complexity index is 934. The van der Waals surface area contributed by atoms with Gasteiger partial charge >= 0.3 is 0 Å². The molecule has 1 fully saturated rings. The van der Waals surface area contributed by atoms with Gasteiger partial charge < -0.3 is 14.8 Å². The Kier molecular flexibility index (Phi) is 7.49. The molecule has 1 amide bonds. The number of carbonyl (C=O) groups is 1. The first-order chi connectivity index (χ1) is 14.5. The number of aryl methyl sites for hydroxylation is 1. The first-order valence-corrected chi connectivity index (χ1v) is 12.0. The fourth-order valence-electron chi connectivity index (χ4n) is 3.78. The number of rotatable bonds is 10. The van der Waals surface area contributed by atoms with Gasteiger partial charge in [-0.1, -0.05) is 13.8 Å². The van der Waals surface area contributed by atoms with E-state index in [0.717, 1.165) is 44.6 Å². The molecule has 2 aromatic rings. The number of hydrogen-bond acceptors (Lipinski definition) is 5. The van der Waals surface area contributed by atoms with Crippen LogP contribution >= 0.6 is 0 Å². The summed E-state index contributed by atoms with van der Waals surface area (Å²) in [5, 5.41) is 2.95. The van der Waals surface area contributed by atoms with Crippen LogP contribution in [0.15, 0.2) is 41.8 Å². The van der Waals surface area contributed by atoms with E-state index < -0.39 is 10.0 Å². The number of sulfonamides is 1. The van der Waals surface area contributed by atoms with Gasteiger partial charge in [0.2, 0.25) is 10.0 Å². The van der Waals surface area contributed by atoms with E-state index in [2.05, 4.69) is 15.2 Å². The van der Waals surface area contributed by atoms with Crippen molar-refractivity contribution in [3.8, 4) is 0 Å². The molecule has 1 aliphatic rings. The Morgan fingerprint density at radius 1 is 1.20 bits per heavy atom. The lowest BCUT2D eigenvalue weighted by Gasteiger charge is -2.23. The number of anilines is 1. The molecular formula is C21H31N5O3S. The van der Waals surface area contributed by atoms with Crippen molar-refractivity contribution >= 4 is 21.6 Å². The van der Waals surface area contributed by atoms with Crippen molar-refractivity contribution in [3.05, 3.63) is 42.5 Å². The first kappa shape index (κ1) is 22.3. The van der Waals surface area contributed by atoms with Gasteiger partial charge in [-0.15, -0.1) is 0 Å². The minimum Gasteiger partial charge on any atom is -0.371 e. The van der Waals surface area contributed by atoms with E-state index in [-0.39, 0.29) is 10.8 Å². The molecule has 0 spiro atoms. The number of carbonyl (C=O) groups excluding carboxylic acids is 1. The number of hydrogen-bond donors (Lipinski definition) is 1. The van der Waals surface area contributed by atoms with Crippen molar-refractivity contribution < 1.29 is 13.2 Å². The van der Waals surface area contributed by atoms with Crippen molar-refractivity contribution in [2.24, 2.45) is 0 Å². The molecule has 30 heavy (non-hydrogen) atoms. The van der Waals surface area contributed by atoms with E-state index in [1.54, 1.807) is 24.7 Å². The molecule has 1 saturated heterocycles. The number of amides is 1. The van der Waals surface area contributed by atoms with Gasteiger partial charge in [-0.2, -0.15) is 4.31 Å². The number of imidazole rings is 1. The van der Waals surface area contributed by atoms with E-state index in [4.69, 9.17) is 0 Å². The summed E-state index contributed by atoms with van der Waals surface area (Å²) in [6.45, 7) is 7.43. The summed E-state index contributed by atoms with van der Waals surface area (Å²) in [6.07, 6.45) is 8.27. The minimum atomic E-state index is -3.63. The first-order valence-electron chi connectivity index (χ1n) is 10.6. The average Bonchev–Trinajstić information content (AvgIpc) is 3.45. The Morgan fingerprint density at radius 2 is 1.93 bits per heavy atom. The Hall–Kier alpha value is -2.39. The monoisotopic (exact) mass is 433 g/mol. The summed E-state index contributed by atoms with van der Waals surface area (Å²) in [5.74, 6) is -0.237. The van der Waals surface area contributed by atoms with E-state index in [1.165, 1.54) is 10.4 Å². The van der Waals surface area contributed by atoms with Crippen molar-refractivity contribution in [3.63, 3.8) is 0 Å². The summed E-state index contributed by atoms with van der Waals surface area (Å²) >= 11 is 0. The summed E-state index contributed by atoms with van der Waals surface area (Å²) in [4.78, 5) is 19.3. The fourth-order valence-corrected chi connectivity index (χ4v) is 5.27. The predicted octanol–water partition coefficient (Wildman–Crippen LogP) is 2.33. The zero-order valence-electron chi connectivity index (χ0n) is 17.7. The molecule has 0 radical (unpaired) electrons. The highest BCUT2D eigenvalue weighted by molar-refractivity contribution is 7.89. The zero-order valence-corrected chi connectivity index (χ0v) is 18.6. The SMILES string of the molecule is CCN(CC)S(=O)(=O)c1ccc(N2CCCC2)c(C(=O)NCCCn2ccnc2)c1. The number of nitrogens with one attached hydrogen (secondary N) is 1. The van der Waals surface area contributed by atoms with Gasteiger partial charge in [-0.3, -0.25) is 4.79 Å². The van der Waals surface area contributed by atoms with Crippen LogP contribution in [0.5, 0.6) is 0 Å². The maximum absolute atomic E-state index is 13.0. The van der Waals surface area contributed by atoms with Gasteiger partial charge in [-0.25, -0.2) is 13.4 Å². The smallest absolute Gasteiger partial charge is 0.253 e. The third-order valence-corrected chi connectivity index (χ3v) is 7.49. The van der Waals surface area contributed by atoms with Gasteiger partial charge in [0.1, 0.15) is 0 Å². The molecule has 1 aromatic carbocycles. The second-order valence-electron chi connectivity index (χ2n) is 7.37. The third-order valence-electron chi connectivity index (χ3n) is 5.44. The largest absolute Gasteiger partial charge is 0.371 e. The van der Waals surface area contributed by atoms with Crippen molar-refractivity contribution in [2.75, 3.05) is 37.6 Å². The average molecular weight is 434 g/mol. The van der Waals surface area contributed by atoms with E-state index in [0.29, 0.717) is 25.2 Å². The van der Waals surface area contributed by atoms with Gasteiger partial charge in [0.15, 0.2) is 0 Å². The predicted molar refractivity (Wildman–Crippen MR) is 117 cm³/mol. The van der Waals surface area contributed by atoms with Gasteiger partial charge in [0, 0.05) is 57.3 Å². The van der Waals surface area contributed by atoms with Gasteiger partial charge in [0.05, 0.1) is 16.8 Å². The van der Waals surface area contributed by atoms with Crippen LogP contribution in [0.1, 0.15) is 43.5 Å². The van der Waals surface area contributed by atoms with Crippen LogP contribution in [0.3, 0.4) is 0 Å². The molecule has 0 bridgehead atoms. The van der Waals surface area contributed by atoms with Crippen molar-refractivity contribution in [1.29, 1.82) is 0 Å². The van der Waals surface area contributed by atoms with Crippen LogP contribution in [-0.2, 0) is 16.6 Å². The lowest BCUT2D eigenvalue weighted by atomic mass is 10.1. The molecule has 2 heterocycles. The molecule has 0 unspecified atom stereocenters. The second-order valence-corrected chi connectivity index (χ2v) is 9.31. The summed E-state index contributed by atoms with van der Waals surface area (Å²) in [5.41, 5.74) is 1.23. The van der Waals surface area contributed by atoms with Crippen LogP contribution in [0.25, 0.3) is 0 Å². The zero-order chi connectivity index (χ0) is 21.6. The minimum absolute atomic E-state index is 0.165. The standard InChI is InChI=1S/C21H31N5O3S/c1-3-26(4-2)30(28,29)18-8-9-20(25-13-5-6-14-25)19(16-18)21(27)23-10-7-12-24-15-11-22-17-24/h8-9,11,15-17H,3-7,10,12-14H2,1-2H3,(H,23,27). The third kappa shape index (κ3) is 5.02. The topological polar surface area (TPSA) is 87.5 Å².